The van der Waals surface area contributed by atoms with Crippen LogP contribution >= 0.6 is 0 Å². The molecule has 0 spiro atoms. The number of aryl methyl sites for hydroxylation is 1. The van der Waals surface area contributed by atoms with Gasteiger partial charge in [0.05, 0.1) is 7.11 Å². The Labute approximate surface area is 158 Å². The molecule has 1 heterocycles. The Morgan fingerprint density at radius 3 is 2.59 bits per heavy atom. The van der Waals surface area contributed by atoms with Crippen molar-refractivity contribution in [2.45, 2.75) is 26.4 Å². The Hall–Kier alpha value is -3.15. The van der Waals surface area contributed by atoms with Gasteiger partial charge in [-0.15, -0.1) is 0 Å². The summed E-state index contributed by atoms with van der Waals surface area (Å²) in [6, 6.07) is 14.9. The van der Waals surface area contributed by atoms with E-state index in [4.69, 9.17) is 4.74 Å². The minimum atomic E-state index is -0.213. The van der Waals surface area contributed by atoms with Gasteiger partial charge >= 0.3 is 0 Å². The molecule has 140 valence electrons. The molecular formula is C21H23N3O3. The second-order valence-corrected chi connectivity index (χ2v) is 6.49. The lowest BCUT2D eigenvalue weighted by atomic mass is 10.1. The van der Waals surface area contributed by atoms with Gasteiger partial charge in [0.15, 0.2) is 0 Å². The highest BCUT2D eigenvalue weighted by atomic mass is 16.5. The van der Waals surface area contributed by atoms with Crippen molar-refractivity contribution in [3.05, 3.63) is 70.1 Å². The molecule has 0 N–H and O–H groups in total. The fraction of sp³-hybridized carbons (Fsp3) is 0.286. The molecule has 0 saturated heterocycles. The van der Waals surface area contributed by atoms with E-state index in [2.05, 4.69) is 11.2 Å². The second kappa shape index (κ2) is 8.03. The first-order valence-corrected chi connectivity index (χ1v) is 8.92. The first kappa shape index (κ1) is 18.6. The van der Waals surface area contributed by atoms with Crippen molar-refractivity contribution in [2.24, 2.45) is 0 Å². The van der Waals surface area contributed by atoms with E-state index in [1.807, 2.05) is 37.3 Å². The van der Waals surface area contributed by atoms with Crippen LogP contribution in [0.1, 0.15) is 29.4 Å². The highest BCUT2D eigenvalue weighted by Crippen LogP contribution is 2.22. The molecule has 0 unspecified atom stereocenters. The number of hydrogen-bond acceptors (Lipinski definition) is 4. The van der Waals surface area contributed by atoms with Crippen molar-refractivity contribution in [3.63, 3.8) is 0 Å². The van der Waals surface area contributed by atoms with Crippen LogP contribution in [-0.2, 0) is 13.1 Å². The van der Waals surface area contributed by atoms with E-state index < -0.39 is 0 Å². The SMILES string of the molecule is CCCn1nc(C(=O)N(C)Cc2ccc3cc(OC)ccc3c2)ccc1=O. The van der Waals surface area contributed by atoms with Crippen molar-refractivity contribution in [3.8, 4) is 5.75 Å². The summed E-state index contributed by atoms with van der Waals surface area (Å²) in [6.07, 6.45) is 0.780. The number of amides is 1. The molecule has 0 fully saturated rings. The number of methoxy groups -OCH3 is 1. The van der Waals surface area contributed by atoms with Crippen LogP contribution in [0.5, 0.6) is 5.75 Å². The van der Waals surface area contributed by atoms with Crippen LogP contribution in [0, 0.1) is 0 Å². The van der Waals surface area contributed by atoms with Crippen LogP contribution in [0.3, 0.4) is 0 Å². The molecule has 1 amide bonds. The van der Waals surface area contributed by atoms with Crippen LogP contribution in [-0.4, -0.2) is 34.7 Å². The van der Waals surface area contributed by atoms with Crippen LogP contribution < -0.4 is 10.3 Å². The van der Waals surface area contributed by atoms with Crippen molar-refractivity contribution >= 4 is 16.7 Å². The standard InChI is InChI=1S/C21H23N3O3/c1-4-11-24-20(25)10-9-19(22-24)21(26)23(2)14-15-5-6-17-13-18(27-3)8-7-16(17)12-15/h5-10,12-13H,4,11,14H2,1-3H3. The predicted octanol–water partition coefficient (Wildman–Crippen LogP) is 3.09. The van der Waals surface area contributed by atoms with Crippen molar-refractivity contribution in [1.29, 1.82) is 0 Å². The summed E-state index contributed by atoms with van der Waals surface area (Å²) in [5, 5.41) is 6.36. The number of carbonyl (C=O) groups is 1. The van der Waals surface area contributed by atoms with Crippen LogP contribution in [0.4, 0.5) is 0 Å². The lowest BCUT2D eigenvalue weighted by Crippen LogP contribution is -2.31. The quantitative estimate of drug-likeness (QED) is 0.673. The molecule has 0 bridgehead atoms. The summed E-state index contributed by atoms with van der Waals surface area (Å²) in [5.41, 5.74) is 1.10. The molecule has 0 aliphatic carbocycles. The van der Waals surface area contributed by atoms with Gasteiger partial charge in [-0.3, -0.25) is 9.59 Å². The zero-order valence-electron chi connectivity index (χ0n) is 15.8. The third kappa shape index (κ3) is 4.16. The van der Waals surface area contributed by atoms with Crippen molar-refractivity contribution in [2.75, 3.05) is 14.2 Å². The molecule has 3 aromatic rings. The molecule has 0 atom stereocenters. The minimum Gasteiger partial charge on any atom is -0.497 e. The summed E-state index contributed by atoms with van der Waals surface area (Å²) in [6.45, 7) is 2.91. The second-order valence-electron chi connectivity index (χ2n) is 6.49. The average molecular weight is 365 g/mol. The van der Waals surface area contributed by atoms with Gasteiger partial charge in [-0.25, -0.2) is 4.68 Å². The van der Waals surface area contributed by atoms with E-state index in [9.17, 15) is 9.59 Å². The first-order valence-electron chi connectivity index (χ1n) is 8.92. The zero-order valence-corrected chi connectivity index (χ0v) is 15.8. The predicted molar refractivity (Wildman–Crippen MR) is 105 cm³/mol. The molecule has 2 aromatic carbocycles. The van der Waals surface area contributed by atoms with Gasteiger partial charge < -0.3 is 9.64 Å². The van der Waals surface area contributed by atoms with Crippen molar-refractivity contribution in [1.82, 2.24) is 14.7 Å². The first-order chi connectivity index (χ1) is 13.0. The number of aromatic nitrogens is 2. The maximum atomic E-state index is 12.7. The Morgan fingerprint density at radius 1 is 1.11 bits per heavy atom. The van der Waals surface area contributed by atoms with E-state index >= 15 is 0 Å². The third-order valence-corrected chi connectivity index (χ3v) is 4.40. The Bertz CT molecular complexity index is 1030. The Kier molecular flexibility index (Phi) is 5.54. The monoisotopic (exact) mass is 365 g/mol. The number of nitrogens with zero attached hydrogens (tertiary/aromatic N) is 3. The average Bonchev–Trinajstić information content (AvgIpc) is 2.68. The molecule has 6 nitrogen and oxygen atoms in total. The number of benzene rings is 2. The largest absolute Gasteiger partial charge is 0.497 e. The smallest absolute Gasteiger partial charge is 0.274 e. The molecule has 0 radical (unpaired) electrons. The lowest BCUT2D eigenvalue weighted by Gasteiger charge is -2.17. The van der Waals surface area contributed by atoms with Gasteiger partial charge in [0, 0.05) is 26.2 Å². The number of hydrogen-bond donors (Lipinski definition) is 0. The van der Waals surface area contributed by atoms with Gasteiger partial charge in [-0.1, -0.05) is 25.1 Å². The summed E-state index contributed by atoms with van der Waals surface area (Å²) in [5.74, 6) is 0.602. The van der Waals surface area contributed by atoms with E-state index in [0.29, 0.717) is 13.1 Å². The number of carbonyl (C=O) groups excluding carboxylic acids is 1. The zero-order chi connectivity index (χ0) is 19.4. The normalized spacial score (nSPS) is 10.8. The van der Waals surface area contributed by atoms with Gasteiger partial charge in [0.25, 0.3) is 11.5 Å². The minimum absolute atomic E-state index is 0.194. The molecule has 0 aliphatic rings. The fourth-order valence-electron chi connectivity index (χ4n) is 2.97. The topological polar surface area (TPSA) is 64.4 Å². The highest BCUT2D eigenvalue weighted by molar-refractivity contribution is 5.92. The molecule has 3 rings (SSSR count). The number of fused-ring (bicyclic) bond motifs is 1. The van der Waals surface area contributed by atoms with Crippen molar-refractivity contribution < 1.29 is 9.53 Å². The number of ether oxygens (including phenoxy) is 1. The van der Waals surface area contributed by atoms with Gasteiger partial charge in [-0.05, 0) is 47.0 Å². The summed E-state index contributed by atoms with van der Waals surface area (Å²) < 4.78 is 6.59. The van der Waals surface area contributed by atoms with E-state index in [0.717, 1.165) is 28.5 Å². The number of rotatable bonds is 6. The molecule has 1 aromatic heterocycles. The fourth-order valence-corrected chi connectivity index (χ4v) is 2.97. The maximum absolute atomic E-state index is 12.7. The molecule has 0 saturated carbocycles. The highest BCUT2D eigenvalue weighted by Gasteiger charge is 2.15. The van der Waals surface area contributed by atoms with Crippen LogP contribution in [0.15, 0.2) is 53.3 Å². The summed E-state index contributed by atoms with van der Waals surface area (Å²) in [7, 11) is 3.38. The molecule has 0 aliphatic heterocycles. The van der Waals surface area contributed by atoms with Gasteiger partial charge in [0.2, 0.25) is 0 Å². The van der Waals surface area contributed by atoms with Gasteiger partial charge in [-0.2, -0.15) is 5.10 Å². The molecule has 27 heavy (non-hydrogen) atoms. The van der Waals surface area contributed by atoms with E-state index in [1.54, 1.807) is 19.1 Å². The Morgan fingerprint density at radius 2 is 1.85 bits per heavy atom. The molecular weight excluding hydrogens is 342 g/mol. The maximum Gasteiger partial charge on any atom is 0.274 e. The van der Waals surface area contributed by atoms with E-state index in [1.165, 1.54) is 16.8 Å². The third-order valence-electron chi connectivity index (χ3n) is 4.40. The van der Waals surface area contributed by atoms with Gasteiger partial charge in [0.1, 0.15) is 11.4 Å². The Balaban J connectivity index is 1.79. The summed E-state index contributed by atoms with van der Waals surface area (Å²) >= 11 is 0. The lowest BCUT2D eigenvalue weighted by molar-refractivity contribution is 0.0776. The van der Waals surface area contributed by atoms with Crippen LogP contribution in [0.2, 0.25) is 0 Å². The summed E-state index contributed by atoms with van der Waals surface area (Å²) in [4.78, 5) is 26.1. The van der Waals surface area contributed by atoms with Crippen LogP contribution in [0.25, 0.3) is 10.8 Å². The molecule has 6 heteroatoms. The van der Waals surface area contributed by atoms with E-state index in [-0.39, 0.29) is 17.2 Å².